The normalized spacial score (nSPS) is 27.6. The maximum absolute atomic E-state index is 12.3. The van der Waals surface area contributed by atoms with Gasteiger partial charge in [0, 0.05) is 19.6 Å². The predicted molar refractivity (Wildman–Crippen MR) is 93.5 cm³/mol. The van der Waals surface area contributed by atoms with Crippen LogP contribution < -0.4 is 10.6 Å². The SMILES string of the molecule is CCC(C)CC1CCNC(C(=O)NCCCN2CCOCC2)C1. The molecule has 2 heterocycles. The Bertz CT molecular complexity index is 345. The molecule has 0 aliphatic carbocycles. The molecule has 0 radical (unpaired) electrons. The zero-order valence-corrected chi connectivity index (χ0v) is 15.0. The highest BCUT2D eigenvalue weighted by Crippen LogP contribution is 2.25. The van der Waals surface area contributed by atoms with Crippen LogP contribution in [0.3, 0.4) is 0 Å². The molecule has 0 bridgehead atoms. The van der Waals surface area contributed by atoms with E-state index in [0.717, 1.165) is 64.7 Å². The number of nitrogens with one attached hydrogen (secondary N) is 2. The molecule has 0 aromatic heterocycles. The van der Waals surface area contributed by atoms with Crippen LogP contribution in [0.1, 0.15) is 46.0 Å². The highest BCUT2D eigenvalue weighted by atomic mass is 16.5. The molecule has 3 unspecified atom stereocenters. The van der Waals surface area contributed by atoms with E-state index in [0.29, 0.717) is 5.92 Å². The first-order valence-electron chi connectivity index (χ1n) is 9.50. The maximum atomic E-state index is 12.3. The summed E-state index contributed by atoms with van der Waals surface area (Å²) < 4.78 is 5.35. The van der Waals surface area contributed by atoms with Gasteiger partial charge in [-0.25, -0.2) is 0 Å². The molecule has 0 spiro atoms. The van der Waals surface area contributed by atoms with Crippen LogP contribution in [0.5, 0.6) is 0 Å². The fourth-order valence-corrected chi connectivity index (χ4v) is 3.61. The van der Waals surface area contributed by atoms with Crippen molar-refractivity contribution in [2.45, 2.75) is 52.0 Å². The zero-order chi connectivity index (χ0) is 16.5. The number of nitrogens with zero attached hydrogens (tertiary/aromatic N) is 1. The zero-order valence-electron chi connectivity index (χ0n) is 15.0. The summed E-state index contributed by atoms with van der Waals surface area (Å²) in [5.41, 5.74) is 0. The van der Waals surface area contributed by atoms with Crippen LogP contribution in [0.15, 0.2) is 0 Å². The van der Waals surface area contributed by atoms with Crippen LogP contribution in [-0.2, 0) is 9.53 Å². The highest BCUT2D eigenvalue weighted by Gasteiger charge is 2.27. The highest BCUT2D eigenvalue weighted by molar-refractivity contribution is 5.81. The fraction of sp³-hybridized carbons (Fsp3) is 0.944. The summed E-state index contributed by atoms with van der Waals surface area (Å²) in [5.74, 6) is 1.67. The summed E-state index contributed by atoms with van der Waals surface area (Å²) in [4.78, 5) is 14.8. The molecule has 2 rings (SSSR count). The molecule has 2 aliphatic rings. The Morgan fingerprint density at radius 3 is 2.91 bits per heavy atom. The largest absolute Gasteiger partial charge is 0.379 e. The van der Waals surface area contributed by atoms with Crippen molar-refractivity contribution in [2.75, 3.05) is 45.9 Å². The van der Waals surface area contributed by atoms with Gasteiger partial charge >= 0.3 is 0 Å². The average molecular weight is 325 g/mol. The summed E-state index contributed by atoms with van der Waals surface area (Å²) in [7, 11) is 0. The number of piperidine rings is 1. The summed E-state index contributed by atoms with van der Waals surface area (Å²) in [6.45, 7) is 11.1. The molecule has 5 heteroatoms. The first-order chi connectivity index (χ1) is 11.2. The molecule has 2 N–H and O–H groups in total. The van der Waals surface area contributed by atoms with E-state index < -0.39 is 0 Å². The van der Waals surface area contributed by atoms with Crippen molar-refractivity contribution >= 4 is 5.91 Å². The van der Waals surface area contributed by atoms with Gasteiger partial charge in [-0.2, -0.15) is 0 Å². The Hall–Kier alpha value is -0.650. The second-order valence-corrected chi connectivity index (χ2v) is 7.24. The molecule has 0 aromatic carbocycles. The third-order valence-electron chi connectivity index (χ3n) is 5.32. The number of amides is 1. The summed E-state index contributed by atoms with van der Waals surface area (Å²) in [6, 6.07) is 0.0150. The van der Waals surface area contributed by atoms with Crippen LogP contribution in [0, 0.1) is 11.8 Å². The second kappa shape index (κ2) is 10.3. The van der Waals surface area contributed by atoms with E-state index in [1.54, 1.807) is 0 Å². The minimum absolute atomic E-state index is 0.0150. The van der Waals surface area contributed by atoms with E-state index in [1.807, 2.05) is 0 Å². The molecular formula is C18H35N3O2. The third-order valence-corrected chi connectivity index (χ3v) is 5.32. The monoisotopic (exact) mass is 325 g/mol. The van der Waals surface area contributed by atoms with Gasteiger partial charge < -0.3 is 15.4 Å². The van der Waals surface area contributed by atoms with Crippen molar-refractivity contribution in [3.05, 3.63) is 0 Å². The number of ether oxygens (including phenoxy) is 1. The smallest absolute Gasteiger partial charge is 0.237 e. The number of carbonyl (C=O) groups excluding carboxylic acids is 1. The fourth-order valence-electron chi connectivity index (χ4n) is 3.61. The number of morpholine rings is 1. The number of hydrogen-bond donors (Lipinski definition) is 2. The Morgan fingerprint density at radius 2 is 2.17 bits per heavy atom. The second-order valence-electron chi connectivity index (χ2n) is 7.24. The van der Waals surface area contributed by atoms with Gasteiger partial charge in [0.25, 0.3) is 0 Å². The summed E-state index contributed by atoms with van der Waals surface area (Å²) in [5, 5.41) is 6.51. The van der Waals surface area contributed by atoms with E-state index in [1.165, 1.54) is 19.3 Å². The first-order valence-corrected chi connectivity index (χ1v) is 9.50. The van der Waals surface area contributed by atoms with Crippen molar-refractivity contribution < 1.29 is 9.53 Å². The lowest BCUT2D eigenvalue weighted by Gasteiger charge is -2.31. The van der Waals surface area contributed by atoms with Crippen LogP contribution >= 0.6 is 0 Å². The molecule has 2 saturated heterocycles. The standard InChI is InChI=1S/C18H35N3O2/c1-3-15(2)13-16-5-7-19-17(14-16)18(22)20-6-4-8-21-9-11-23-12-10-21/h15-17,19H,3-14H2,1-2H3,(H,20,22). The molecule has 23 heavy (non-hydrogen) atoms. The van der Waals surface area contributed by atoms with Crippen molar-refractivity contribution in [1.29, 1.82) is 0 Å². The quantitative estimate of drug-likeness (QED) is 0.666. The molecule has 0 aromatic rings. The van der Waals surface area contributed by atoms with E-state index in [9.17, 15) is 4.79 Å². The lowest BCUT2D eigenvalue weighted by atomic mass is 9.84. The van der Waals surface area contributed by atoms with Crippen molar-refractivity contribution in [3.8, 4) is 0 Å². The molecule has 5 nitrogen and oxygen atoms in total. The van der Waals surface area contributed by atoms with E-state index >= 15 is 0 Å². The van der Waals surface area contributed by atoms with Crippen molar-refractivity contribution in [3.63, 3.8) is 0 Å². The summed E-state index contributed by atoms with van der Waals surface area (Å²) >= 11 is 0. The van der Waals surface area contributed by atoms with Crippen LogP contribution in [0.25, 0.3) is 0 Å². The van der Waals surface area contributed by atoms with Gasteiger partial charge in [0.05, 0.1) is 19.3 Å². The molecule has 134 valence electrons. The molecule has 2 aliphatic heterocycles. The summed E-state index contributed by atoms with van der Waals surface area (Å²) in [6.07, 6.45) is 5.74. The maximum Gasteiger partial charge on any atom is 0.237 e. The number of hydrogen-bond acceptors (Lipinski definition) is 4. The van der Waals surface area contributed by atoms with E-state index in [2.05, 4.69) is 29.4 Å². The Labute approximate surface area is 141 Å². The van der Waals surface area contributed by atoms with Crippen LogP contribution in [0.2, 0.25) is 0 Å². The van der Waals surface area contributed by atoms with Gasteiger partial charge in [0.1, 0.15) is 0 Å². The average Bonchev–Trinajstić information content (AvgIpc) is 2.59. The lowest BCUT2D eigenvalue weighted by Crippen LogP contribution is -2.49. The number of carbonyl (C=O) groups is 1. The van der Waals surface area contributed by atoms with E-state index in [-0.39, 0.29) is 11.9 Å². The minimum atomic E-state index is 0.0150. The van der Waals surface area contributed by atoms with Crippen LogP contribution in [-0.4, -0.2) is 62.8 Å². The van der Waals surface area contributed by atoms with Crippen molar-refractivity contribution in [2.24, 2.45) is 11.8 Å². The number of rotatable bonds is 8. The predicted octanol–water partition coefficient (Wildman–Crippen LogP) is 1.63. The van der Waals surface area contributed by atoms with Gasteiger partial charge in [0.15, 0.2) is 0 Å². The Morgan fingerprint density at radius 1 is 1.39 bits per heavy atom. The first kappa shape index (κ1) is 18.7. The topological polar surface area (TPSA) is 53.6 Å². The van der Waals surface area contributed by atoms with Gasteiger partial charge in [-0.1, -0.05) is 20.3 Å². The minimum Gasteiger partial charge on any atom is -0.379 e. The molecular weight excluding hydrogens is 290 g/mol. The molecule has 3 atom stereocenters. The third kappa shape index (κ3) is 6.77. The van der Waals surface area contributed by atoms with Gasteiger partial charge in [-0.15, -0.1) is 0 Å². The van der Waals surface area contributed by atoms with Crippen molar-refractivity contribution in [1.82, 2.24) is 15.5 Å². The van der Waals surface area contributed by atoms with Gasteiger partial charge in [-0.05, 0) is 50.6 Å². The lowest BCUT2D eigenvalue weighted by molar-refractivity contribution is -0.124. The van der Waals surface area contributed by atoms with Gasteiger partial charge in [0.2, 0.25) is 5.91 Å². The Balaban J connectivity index is 1.60. The molecule has 1 amide bonds. The molecule has 0 saturated carbocycles. The van der Waals surface area contributed by atoms with E-state index in [4.69, 9.17) is 4.74 Å². The van der Waals surface area contributed by atoms with Crippen LogP contribution in [0.4, 0.5) is 0 Å². The Kier molecular flexibility index (Phi) is 8.34. The van der Waals surface area contributed by atoms with Gasteiger partial charge in [-0.3, -0.25) is 9.69 Å². The molecule has 2 fully saturated rings.